The highest BCUT2D eigenvalue weighted by atomic mass is 32.2. The molecule has 1 heterocycles. The zero-order chi connectivity index (χ0) is 13.9. The van der Waals surface area contributed by atoms with Gasteiger partial charge in [0.05, 0.1) is 11.5 Å². The summed E-state index contributed by atoms with van der Waals surface area (Å²) in [4.78, 5) is 0. The molecular formula is C13H18O5S. The van der Waals surface area contributed by atoms with E-state index in [1.54, 1.807) is 18.2 Å². The van der Waals surface area contributed by atoms with Crippen LogP contribution in [0.3, 0.4) is 0 Å². The first-order valence-corrected chi connectivity index (χ1v) is 8.12. The quantitative estimate of drug-likeness (QED) is 0.853. The summed E-state index contributed by atoms with van der Waals surface area (Å²) in [5.74, 6) is 1.36. The van der Waals surface area contributed by atoms with Crippen LogP contribution in [-0.4, -0.2) is 38.2 Å². The van der Waals surface area contributed by atoms with E-state index in [0.29, 0.717) is 17.9 Å². The molecule has 6 heteroatoms. The van der Waals surface area contributed by atoms with Crippen LogP contribution in [0.5, 0.6) is 11.5 Å². The molecule has 1 N–H and O–H groups in total. The minimum absolute atomic E-state index is 0.0153. The molecule has 1 unspecified atom stereocenters. The van der Waals surface area contributed by atoms with E-state index < -0.39 is 15.9 Å². The summed E-state index contributed by atoms with van der Waals surface area (Å²) in [5.41, 5.74) is 0.742. The second kappa shape index (κ2) is 5.79. The maximum Gasteiger partial charge on any atom is 0.153 e. The Balaban J connectivity index is 1.91. The minimum atomic E-state index is -3.02. The topological polar surface area (TPSA) is 72.8 Å². The van der Waals surface area contributed by atoms with Crippen molar-refractivity contribution in [2.45, 2.75) is 19.4 Å². The van der Waals surface area contributed by atoms with Crippen molar-refractivity contribution < 1.29 is 23.0 Å². The van der Waals surface area contributed by atoms with Crippen molar-refractivity contribution >= 4 is 9.84 Å². The SMILES string of the molecule is CCCS(=O)(=O)CCOc1ccc2c(c1)OCC2O. The summed E-state index contributed by atoms with van der Waals surface area (Å²) >= 11 is 0. The van der Waals surface area contributed by atoms with Gasteiger partial charge >= 0.3 is 0 Å². The predicted octanol–water partition coefficient (Wildman–Crippen LogP) is 1.32. The van der Waals surface area contributed by atoms with Gasteiger partial charge < -0.3 is 14.6 Å². The molecule has 1 aliphatic rings. The van der Waals surface area contributed by atoms with Gasteiger partial charge in [0.25, 0.3) is 0 Å². The van der Waals surface area contributed by atoms with Crippen molar-refractivity contribution in [3.63, 3.8) is 0 Å². The van der Waals surface area contributed by atoms with Gasteiger partial charge in [-0.3, -0.25) is 0 Å². The number of hydrogen-bond acceptors (Lipinski definition) is 5. The second-order valence-corrected chi connectivity index (χ2v) is 6.83. The van der Waals surface area contributed by atoms with E-state index in [0.717, 1.165) is 5.56 Å². The van der Waals surface area contributed by atoms with E-state index in [4.69, 9.17) is 9.47 Å². The fourth-order valence-corrected chi connectivity index (χ4v) is 3.13. The van der Waals surface area contributed by atoms with Crippen molar-refractivity contribution in [2.24, 2.45) is 0 Å². The van der Waals surface area contributed by atoms with Crippen LogP contribution in [0, 0.1) is 0 Å². The summed E-state index contributed by atoms with van der Waals surface area (Å²) in [6.07, 6.45) is 0.0291. The lowest BCUT2D eigenvalue weighted by atomic mass is 10.1. The Labute approximate surface area is 113 Å². The maximum atomic E-state index is 11.5. The zero-order valence-corrected chi connectivity index (χ0v) is 11.6. The fourth-order valence-electron chi connectivity index (χ4n) is 1.96. The molecule has 0 amide bonds. The summed E-state index contributed by atoms with van der Waals surface area (Å²) in [7, 11) is -3.02. The molecule has 5 nitrogen and oxygen atoms in total. The molecule has 0 bridgehead atoms. The number of sulfone groups is 1. The number of hydrogen-bond donors (Lipinski definition) is 1. The second-order valence-electron chi connectivity index (χ2n) is 4.53. The largest absolute Gasteiger partial charge is 0.492 e. The predicted molar refractivity (Wildman–Crippen MR) is 71.3 cm³/mol. The molecular weight excluding hydrogens is 268 g/mol. The average molecular weight is 286 g/mol. The van der Waals surface area contributed by atoms with Crippen molar-refractivity contribution in [3.05, 3.63) is 23.8 Å². The Kier molecular flexibility index (Phi) is 4.31. The Bertz CT molecular complexity index is 538. The van der Waals surface area contributed by atoms with Gasteiger partial charge in [-0.1, -0.05) is 6.92 Å². The number of aliphatic hydroxyl groups is 1. The molecule has 0 saturated heterocycles. The fraction of sp³-hybridized carbons (Fsp3) is 0.538. The molecule has 19 heavy (non-hydrogen) atoms. The molecule has 1 atom stereocenters. The molecule has 1 aromatic rings. The number of aliphatic hydroxyl groups excluding tert-OH is 1. The third kappa shape index (κ3) is 3.61. The molecule has 1 aromatic carbocycles. The lowest BCUT2D eigenvalue weighted by molar-refractivity contribution is 0.140. The van der Waals surface area contributed by atoms with Gasteiger partial charge in [0, 0.05) is 11.6 Å². The highest BCUT2D eigenvalue weighted by molar-refractivity contribution is 7.91. The molecule has 0 spiro atoms. The summed E-state index contributed by atoms with van der Waals surface area (Å²) in [5, 5.41) is 9.57. The van der Waals surface area contributed by atoms with Crippen LogP contribution in [0.4, 0.5) is 0 Å². The lowest BCUT2D eigenvalue weighted by Crippen LogP contribution is -2.16. The minimum Gasteiger partial charge on any atom is -0.492 e. The van der Waals surface area contributed by atoms with Crippen molar-refractivity contribution in [1.82, 2.24) is 0 Å². The van der Waals surface area contributed by atoms with Gasteiger partial charge in [-0.05, 0) is 18.6 Å². The van der Waals surface area contributed by atoms with Crippen LogP contribution < -0.4 is 9.47 Å². The van der Waals surface area contributed by atoms with E-state index in [9.17, 15) is 13.5 Å². The Morgan fingerprint density at radius 3 is 2.95 bits per heavy atom. The van der Waals surface area contributed by atoms with E-state index in [-0.39, 0.29) is 24.7 Å². The zero-order valence-electron chi connectivity index (χ0n) is 10.8. The first-order chi connectivity index (χ1) is 9.02. The molecule has 0 radical (unpaired) electrons. The molecule has 2 rings (SSSR count). The highest BCUT2D eigenvalue weighted by Crippen LogP contribution is 2.34. The average Bonchev–Trinajstić information content (AvgIpc) is 2.70. The summed E-state index contributed by atoms with van der Waals surface area (Å²) in [6, 6.07) is 5.13. The molecule has 0 saturated carbocycles. The number of rotatable bonds is 6. The first-order valence-electron chi connectivity index (χ1n) is 6.30. The molecule has 1 aliphatic heterocycles. The van der Waals surface area contributed by atoms with Crippen LogP contribution in [0.2, 0.25) is 0 Å². The Morgan fingerprint density at radius 2 is 2.21 bits per heavy atom. The van der Waals surface area contributed by atoms with E-state index >= 15 is 0 Å². The van der Waals surface area contributed by atoms with Gasteiger partial charge in [0.1, 0.15) is 30.8 Å². The van der Waals surface area contributed by atoms with Crippen LogP contribution in [0.1, 0.15) is 25.0 Å². The lowest BCUT2D eigenvalue weighted by Gasteiger charge is -2.08. The number of benzene rings is 1. The molecule has 0 aliphatic carbocycles. The van der Waals surface area contributed by atoms with E-state index in [1.807, 2.05) is 6.92 Å². The van der Waals surface area contributed by atoms with Gasteiger partial charge in [-0.25, -0.2) is 8.42 Å². The monoisotopic (exact) mass is 286 g/mol. The van der Waals surface area contributed by atoms with Crippen LogP contribution >= 0.6 is 0 Å². The van der Waals surface area contributed by atoms with Crippen molar-refractivity contribution in [1.29, 1.82) is 0 Å². The van der Waals surface area contributed by atoms with Gasteiger partial charge in [-0.15, -0.1) is 0 Å². The van der Waals surface area contributed by atoms with E-state index in [1.165, 1.54) is 0 Å². The third-order valence-electron chi connectivity index (χ3n) is 2.92. The smallest absolute Gasteiger partial charge is 0.153 e. The summed E-state index contributed by atoms with van der Waals surface area (Å²) in [6.45, 7) is 2.22. The molecule has 0 aromatic heterocycles. The number of ether oxygens (including phenoxy) is 2. The highest BCUT2D eigenvalue weighted by Gasteiger charge is 2.22. The number of fused-ring (bicyclic) bond motifs is 1. The van der Waals surface area contributed by atoms with Crippen LogP contribution in [0.15, 0.2) is 18.2 Å². The van der Waals surface area contributed by atoms with Crippen molar-refractivity contribution in [3.8, 4) is 11.5 Å². The van der Waals surface area contributed by atoms with Gasteiger partial charge in [-0.2, -0.15) is 0 Å². The molecule has 0 fully saturated rings. The van der Waals surface area contributed by atoms with E-state index in [2.05, 4.69) is 0 Å². The standard InChI is InChI=1S/C13H18O5S/c1-2-6-19(15,16)7-5-17-10-3-4-11-12(14)9-18-13(11)8-10/h3-4,8,12,14H,2,5-7,9H2,1H3. The first kappa shape index (κ1) is 14.1. The van der Waals surface area contributed by atoms with Crippen LogP contribution in [0.25, 0.3) is 0 Å². The van der Waals surface area contributed by atoms with Crippen molar-refractivity contribution in [2.75, 3.05) is 24.7 Å². The summed E-state index contributed by atoms with van der Waals surface area (Å²) < 4.78 is 33.7. The maximum absolute atomic E-state index is 11.5. The van der Waals surface area contributed by atoms with Gasteiger partial charge in [0.15, 0.2) is 9.84 Å². The van der Waals surface area contributed by atoms with Gasteiger partial charge in [0.2, 0.25) is 0 Å². The van der Waals surface area contributed by atoms with Crippen LogP contribution in [-0.2, 0) is 9.84 Å². The normalized spacial score (nSPS) is 17.9. The Morgan fingerprint density at radius 1 is 1.42 bits per heavy atom. The third-order valence-corrected chi connectivity index (χ3v) is 4.74. The molecule has 106 valence electrons. The Hall–Kier alpha value is -1.27.